The SMILES string of the molecule is C[C@@H](Sc1ccc(F)cc1)C(=O)Nc1ccccc1[N+](=O)[O-]. The highest BCUT2D eigenvalue weighted by molar-refractivity contribution is 8.00. The summed E-state index contributed by atoms with van der Waals surface area (Å²) in [5.41, 5.74) is -0.00103. The molecule has 5 nitrogen and oxygen atoms in total. The van der Waals surface area contributed by atoms with Crippen LogP contribution in [0.5, 0.6) is 0 Å². The van der Waals surface area contributed by atoms with Gasteiger partial charge in [-0.25, -0.2) is 4.39 Å². The monoisotopic (exact) mass is 320 g/mol. The lowest BCUT2D eigenvalue weighted by molar-refractivity contribution is -0.383. The van der Waals surface area contributed by atoms with E-state index in [0.29, 0.717) is 0 Å². The molecule has 22 heavy (non-hydrogen) atoms. The number of para-hydroxylation sites is 2. The number of nitrogens with one attached hydrogen (secondary N) is 1. The lowest BCUT2D eigenvalue weighted by Crippen LogP contribution is -2.22. The molecule has 0 spiro atoms. The Bertz CT molecular complexity index is 691. The number of carbonyl (C=O) groups is 1. The van der Waals surface area contributed by atoms with Gasteiger partial charge in [-0.05, 0) is 37.3 Å². The van der Waals surface area contributed by atoms with Crippen LogP contribution in [0.15, 0.2) is 53.4 Å². The third-order valence-electron chi connectivity index (χ3n) is 2.85. The second-order valence-corrected chi connectivity index (χ2v) is 5.89. The Hall–Kier alpha value is -2.41. The summed E-state index contributed by atoms with van der Waals surface area (Å²) in [6.45, 7) is 1.68. The summed E-state index contributed by atoms with van der Waals surface area (Å²) in [5.74, 6) is -0.704. The molecule has 0 saturated carbocycles. The summed E-state index contributed by atoms with van der Waals surface area (Å²) in [6, 6.07) is 11.7. The predicted molar refractivity (Wildman–Crippen MR) is 83.4 cm³/mol. The van der Waals surface area contributed by atoms with E-state index < -0.39 is 10.2 Å². The van der Waals surface area contributed by atoms with Gasteiger partial charge in [0.15, 0.2) is 0 Å². The minimum absolute atomic E-state index is 0.157. The van der Waals surface area contributed by atoms with E-state index in [-0.39, 0.29) is 23.1 Å². The van der Waals surface area contributed by atoms with Gasteiger partial charge in [0.2, 0.25) is 5.91 Å². The molecule has 0 saturated heterocycles. The smallest absolute Gasteiger partial charge is 0.292 e. The van der Waals surface area contributed by atoms with Crippen molar-refractivity contribution in [1.82, 2.24) is 0 Å². The highest BCUT2D eigenvalue weighted by Crippen LogP contribution is 2.27. The van der Waals surface area contributed by atoms with Gasteiger partial charge < -0.3 is 5.32 Å². The van der Waals surface area contributed by atoms with Crippen molar-refractivity contribution in [2.24, 2.45) is 0 Å². The third-order valence-corrected chi connectivity index (χ3v) is 3.97. The van der Waals surface area contributed by atoms with Crippen molar-refractivity contribution >= 4 is 29.0 Å². The zero-order valence-electron chi connectivity index (χ0n) is 11.7. The number of rotatable bonds is 5. The molecule has 0 aliphatic rings. The Labute approximate surface area is 130 Å². The average Bonchev–Trinajstić information content (AvgIpc) is 2.49. The van der Waals surface area contributed by atoms with Gasteiger partial charge in [-0.3, -0.25) is 14.9 Å². The lowest BCUT2D eigenvalue weighted by Gasteiger charge is -2.12. The van der Waals surface area contributed by atoms with Crippen LogP contribution >= 0.6 is 11.8 Å². The van der Waals surface area contributed by atoms with E-state index in [9.17, 15) is 19.3 Å². The summed E-state index contributed by atoms with van der Waals surface area (Å²) < 4.78 is 12.8. The number of anilines is 1. The molecular weight excluding hydrogens is 307 g/mol. The van der Waals surface area contributed by atoms with Crippen molar-refractivity contribution in [1.29, 1.82) is 0 Å². The molecule has 1 N–H and O–H groups in total. The Morgan fingerprint density at radius 3 is 2.50 bits per heavy atom. The molecule has 0 aliphatic carbocycles. The van der Waals surface area contributed by atoms with Gasteiger partial charge in [-0.1, -0.05) is 12.1 Å². The van der Waals surface area contributed by atoms with Crippen LogP contribution in [-0.2, 0) is 4.79 Å². The van der Waals surface area contributed by atoms with Gasteiger partial charge in [0.05, 0.1) is 10.2 Å². The molecule has 1 amide bonds. The van der Waals surface area contributed by atoms with E-state index in [2.05, 4.69) is 5.32 Å². The quantitative estimate of drug-likeness (QED) is 0.516. The van der Waals surface area contributed by atoms with Gasteiger partial charge in [0.1, 0.15) is 11.5 Å². The molecule has 0 fully saturated rings. The molecular formula is C15H13FN2O3S. The molecule has 0 radical (unpaired) electrons. The molecule has 0 aromatic heterocycles. The number of nitro groups is 1. The summed E-state index contributed by atoms with van der Waals surface area (Å²) >= 11 is 1.25. The van der Waals surface area contributed by atoms with Gasteiger partial charge >= 0.3 is 0 Å². The standard InChI is InChI=1S/C15H13FN2O3S/c1-10(22-12-8-6-11(16)7-9-12)15(19)17-13-4-2-3-5-14(13)18(20)21/h2-10H,1H3,(H,17,19)/t10-/m1/s1. The lowest BCUT2D eigenvalue weighted by atomic mass is 10.2. The van der Waals surface area contributed by atoms with Crippen LogP contribution < -0.4 is 5.32 Å². The van der Waals surface area contributed by atoms with E-state index in [1.807, 2.05) is 0 Å². The second kappa shape index (κ2) is 7.04. The number of hydrogen-bond donors (Lipinski definition) is 1. The number of amides is 1. The summed E-state index contributed by atoms with van der Waals surface area (Å²) in [7, 11) is 0. The van der Waals surface area contributed by atoms with E-state index >= 15 is 0 Å². The Kier molecular flexibility index (Phi) is 5.11. The fraction of sp³-hybridized carbons (Fsp3) is 0.133. The van der Waals surface area contributed by atoms with Crippen LogP contribution in [0.3, 0.4) is 0 Å². The van der Waals surface area contributed by atoms with Crippen LogP contribution in [0.1, 0.15) is 6.92 Å². The Morgan fingerprint density at radius 1 is 1.23 bits per heavy atom. The minimum atomic E-state index is -0.548. The van der Waals surface area contributed by atoms with Crippen LogP contribution in [0, 0.1) is 15.9 Å². The molecule has 7 heteroatoms. The number of hydrogen-bond acceptors (Lipinski definition) is 4. The predicted octanol–water partition coefficient (Wildman–Crippen LogP) is 3.85. The van der Waals surface area contributed by atoms with Crippen LogP contribution in [0.2, 0.25) is 0 Å². The van der Waals surface area contributed by atoms with E-state index in [1.165, 1.54) is 42.1 Å². The summed E-state index contributed by atoms with van der Waals surface area (Å²) in [4.78, 5) is 23.2. The van der Waals surface area contributed by atoms with E-state index in [1.54, 1.807) is 25.1 Å². The van der Waals surface area contributed by atoms with Crippen molar-refractivity contribution < 1.29 is 14.1 Å². The van der Waals surface area contributed by atoms with Gasteiger partial charge in [0, 0.05) is 11.0 Å². The molecule has 114 valence electrons. The first kappa shape index (κ1) is 16.0. The maximum Gasteiger partial charge on any atom is 0.292 e. The van der Waals surface area contributed by atoms with Crippen LogP contribution in [0.4, 0.5) is 15.8 Å². The zero-order chi connectivity index (χ0) is 16.1. The van der Waals surface area contributed by atoms with Crippen molar-refractivity contribution in [2.45, 2.75) is 17.1 Å². The summed E-state index contributed by atoms with van der Waals surface area (Å²) in [5, 5.41) is 13.0. The average molecular weight is 320 g/mol. The fourth-order valence-corrected chi connectivity index (χ4v) is 2.61. The van der Waals surface area contributed by atoms with E-state index in [0.717, 1.165) is 4.90 Å². The Morgan fingerprint density at radius 2 is 1.86 bits per heavy atom. The third kappa shape index (κ3) is 4.05. The first-order valence-electron chi connectivity index (χ1n) is 6.44. The van der Waals surface area contributed by atoms with Crippen molar-refractivity contribution in [3.63, 3.8) is 0 Å². The minimum Gasteiger partial charge on any atom is -0.319 e. The number of halogens is 1. The summed E-state index contributed by atoms with van der Waals surface area (Å²) in [6.07, 6.45) is 0. The normalized spacial score (nSPS) is 11.7. The Balaban J connectivity index is 2.05. The number of nitrogens with zero attached hydrogens (tertiary/aromatic N) is 1. The van der Waals surface area contributed by atoms with E-state index in [4.69, 9.17) is 0 Å². The molecule has 0 unspecified atom stereocenters. The molecule has 2 aromatic carbocycles. The molecule has 1 atom stereocenters. The second-order valence-electron chi connectivity index (χ2n) is 4.48. The largest absolute Gasteiger partial charge is 0.319 e. The maximum absolute atomic E-state index is 12.8. The van der Waals surface area contributed by atoms with Crippen molar-refractivity contribution in [3.8, 4) is 0 Å². The van der Waals surface area contributed by atoms with Gasteiger partial charge in [0.25, 0.3) is 5.69 Å². The first-order chi connectivity index (χ1) is 10.5. The molecule has 0 bridgehead atoms. The molecule has 0 aliphatic heterocycles. The zero-order valence-corrected chi connectivity index (χ0v) is 12.5. The fourth-order valence-electron chi connectivity index (χ4n) is 1.74. The maximum atomic E-state index is 12.8. The molecule has 0 heterocycles. The molecule has 2 aromatic rings. The van der Waals surface area contributed by atoms with Crippen molar-refractivity contribution in [3.05, 3.63) is 64.5 Å². The first-order valence-corrected chi connectivity index (χ1v) is 7.32. The highest BCUT2D eigenvalue weighted by atomic mass is 32.2. The number of nitro benzene ring substituents is 1. The molecule has 2 rings (SSSR count). The van der Waals surface area contributed by atoms with Gasteiger partial charge in [-0.15, -0.1) is 11.8 Å². The number of carbonyl (C=O) groups excluding carboxylic acids is 1. The highest BCUT2D eigenvalue weighted by Gasteiger charge is 2.19. The van der Waals surface area contributed by atoms with Crippen molar-refractivity contribution in [2.75, 3.05) is 5.32 Å². The van der Waals surface area contributed by atoms with Gasteiger partial charge in [-0.2, -0.15) is 0 Å². The van der Waals surface area contributed by atoms with Crippen LogP contribution in [-0.4, -0.2) is 16.1 Å². The van der Waals surface area contributed by atoms with Crippen LogP contribution in [0.25, 0.3) is 0 Å². The number of thioether (sulfide) groups is 1. The topological polar surface area (TPSA) is 72.2 Å². The number of benzene rings is 2.